The van der Waals surface area contributed by atoms with Gasteiger partial charge in [-0.25, -0.2) is 0 Å². The number of methoxy groups -OCH3 is 6. The van der Waals surface area contributed by atoms with Crippen molar-refractivity contribution in [3.8, 4) is 0 Å². The van der Waals surface area contributed by atoms with E-state index in [2.05, 4.69) is 0 Å². The quantitative estimate of drug-likeness (QED) is 0.200. The molecule has 30 heavy (non-hydrogen) atoms. The Labute approximate surface area is 187 Å². The highest BCUT2D eigenvalue weighted by Crippen LogP contribution is 2.51. The lowest BCUT2D eigenvalue weighted by atomic mass is 9.74. The van der Waals surface area contributed by atoms with Gasteiger partial charge in [0.1, 0.15) is 16.0 Å². The van der Waals surface area contributed by atoms with Crippen LogP contribution in [0.4, 0.5) is 0 Å². The molecule has 0 fully saturated rings. The standard InChI is InChI=1S/C18H44N2O8Si2/c1-11-27-18(20,28-12-2)15(19,16(29,25-9)13(3,21-5)22-6)17(30,26-10)14(4,23-7)24-8/h11-12,19-20H2,1-10,29-30H3. The highest BCUT2D eigenvalue weighted by Gasteiger charge is 2.78. The molecule has 2 unspecified atom stereocenters. The maximum absolute atomic E-state index is 7.33. The molecule has 10 nitrogen and oxygen atoms in total. The Balaban J connectivity index is 7.64. The molecule has 0 bridgehead atoms. The predicted molar refractivity (Wildman–Crippen MR) is 121 cm³/mol. The molecule has 0 aromatic heterocycles. The first-order valence-electron chi connectivity index (χ1n) is 9.90. The van der Waals surface area contributed by atoms with Crippen molar-refractivity contribution in [3.63, 3.8) is 0 Å². The number of ether oxygens (including phenoxy) is 8. The Bertz CT molecular complexity index is 498. The van der Waals surface area contributed by atoms with Crippen LogP contribution >= 0.6 is 0 Å². The largest absolute Gasteiger partial charge is 0.375 e. The van der Waals surface area contributed by atoms with E-state index < -0.39 is 33.5 Å². The van der Waals surface area contributed by atoms with Gasteiger partial charge in [-0.3, -0.25) is 5.73 Å². The average Bonchev–Trinajstić information content (AvgIpc) is 2.75. The van der Waals surface area contributed by atoms with Gasteiger partial charge in [-0.05, 0) is 27.7 Å². The van der Waals surface area contributed by atoms with Crippen LogP contribution in [0.15, 0.2) is 0 Å². The Morgan fingerprint density at radius 1 is 0.600 bits per heavy atom. The number of rotatable bonds is 15. The Morgan fingerprint density at radius 3 is 1.03 bits per heavy atom. The number of hydrogen-bond donors (Lipinski definition) is 2. The summed E-state index contributed by atoms with van der Waals surface area (Å²) in [5.41, 5.74) is 12.4. The summed E-state index contributed by atoms with van der Waals surface area (Å²) in [6.45, 7) is 7.46. The highest BCUT2D eigenvalue weighted by atomic mass is 28.2. The van der Waals surface area contributed by atoms with Gasteiger partial charge in [0.15, 0.2) is 11.6 Å². The molecule has 0 heterocycles. The van der Waals surface area contributed by atoms with Crippen molar-refractivity contribution in [3.05, 3.63) is 0 Å². The SMILES string of the molecule is CCOC(N)(OCC)C(N)(C([SiH3])(OC)C(C)(OC)OC)C([SiH3])(OC)C(C)(OC)OC. The van der Waals surface area contributed by atoms with Crippen molar-refractivity contribution in [2.75, 3.05) is 55.9 Å². The van der Waals surface area contributed by atoms with Crippen molar-refractivity contribution in [1.29, 1.82) is 0 Å². The smallest absolute Gasteiger partial charge is 0.249 e. The molecular formula is C18H44N2O8Si2. The summed E-state index contributed by atoms with van der Waals surface area (Å²) in [5, 5.41) is -2.75. The molecule has 0 aliphatic rings. The molecular weight excluding hydrogens is 428 g/mol. The van der Waals surface area contributed by atoms with Crippen LogP contribution in [0.5, 0.6) is 0 Å². The molecule has 0 rings (SSSR count). The summed E-state index contributed by atoms with van der Waals surface area (Å²) in [7, 11) is 9.57. The molecule has 0 saturated heterocycles. The maximum atomic E-state index is 7.33. The van der Waals surface area contributed by atoms with Crippen LogP contribution in [0.25, 0.3) is 0 Å². The van der Waals surface area contributed by atoms with Crippen LogP contribution in [0, 0.1) is 0 Å². The fourth-order valence-electron chi connectivity index (χ4n) is 4.17. The van der Waals surface area contributed by atoms with Gasteiger partial charge < -0.3 is 43.6 Å². The van der Waals surface area contributed by atoms with E-state index in [1.165, 1.54) is 42.7 Å². The molecule has 0 radical (unpaired) electrons. The van der Waals surface area contributed by atoms with Crippen LogP contribution in [0.2, 0.25) is 0 Å². The van der Waals surface area contributed by atoms with Crippen LogP contribution in [0.1, 0.15) is 27.7 Å². The van der Waals surface area contributed by atoms with Crippen molar-refractivity contribution >= 4 is 20.5 Å². The topological polar surface area (TPSA) is 126 Å². The molecule has 0 spiro atoms. The van der Waals surface area contributed by atoms with Gasteiger partial charge in [0.25, 0.3) is 0 Å². The zero-order chi connectivity index (χ0) is 24.1. The summed E-state index contributed by atoms with van der Waals surface area (Å²) >= 11 is 0. The lowest BCUT2D eigenvalue weighted by molar-refractivity contribution is -0.394. The van der Waals surface area contributed by atoms with Gasteiger partial charge in [0, 0.05) is 55.9 Å². The molecule has 2 atom stereocenters. The lowest BCUT2D eigenvalue weighted by Gasteiger charge is -2.65. The van der Waals surface area contributed by atoms with Gasteiger partial charge in [-0.1, -0.05) is 0 Å². The third-order valence-corrected chi connectivity index (χ3v) is 11.1. The van der Waals surface area contributed by atoms with Crippen LogP contribution < -0.4 is 11.5 Å². The zero-order valence-electron chi connectivity index (χ0n) is 20.8. The van der Waals surface area contributed by atoms with E-state index in [4.69, 9.17) is 49.4 Å². The summed E-state index contributed by atoms with van der Waals surface area (Å²) < 4.78 is 47.3. The average molecular weight is 473 g/mol. The minimum Gasteiger partial charge on any atom is -0.375 e. The minimum absolute atomic E-state index is 0.214. The van der Waals surface area contributed by atoms with Crippen molar-refractivity contribution < 1.29 is 37.9 Å². The Kier molecular flexibility index (Phi) is 10.8. The molecule has 0 aliphatic carbocycles. The highest BCUT2D eigenvalue weighted by molar-refractivity contribution is 6.21. The second-order valence-electron chi connectivity index (χ2n) is 7.52. The monoisotopic (exact) mass is 472 g/mol. The van der Waals surface area contributed by atoms with E-state index in [1.807, 2.05) is 0 Å². The second-order valence-corrected chi connectivity index (χ2v) is 10.3. The van der Waals surface area contributed by atoms with E-state index in [0.29, 0.717) is 0 Å². The van der Waals surface area contributed by atoms with Gasteiger partial charge in [0.05, 0.1) is 20.5 Å². The molecule has 12 heteroatoms. The van der Waals surface area contributed by atoms with Gasteiger partial charge >= 0.3 is 0 Å². The summed E-state index contributed by atoms with van der Waals surface area (Å²) in [5.74, 6) is -4.58. The summed E-state index contributed by atoms with van der Waals surface area (Å²) in [6, 6.07) is 0. The van der Waals surface area contributed by atoms with Gasteiger partial charge in [-0.15, -0.1) is 0 Å². The van der Waals surface area contributed by atoms with E-state index >= 15 is 0 Å². The molecule has 0 aromatic rings. The maximum Gasteiger partial charge on any atom is 0.249 e. The Morgan fingerprint density at radius 2 is 0.867 bits per heavy atom. The summed E-state index contributed by atoms with van der Waals surface area (Å²) in [4.78, 5) is 0. The van der Waals surface area contributed by atoms with Gasteiger partial charge in [-0.2, -0.15) is 0 Å². The summed E-state index contributed by atoms with van der Waals surface area (Å²) in [6.07, 6.45) is 0. The molecule has 182 valence electrons. The molecule has 0 amide bonds. The first kappa shape index (κ1) is 30.0. The predicted octanol–water partition coefficient (Wildman–Crippen LogP) is -2.20. The first-order valence-corrected chi connectivity index (χ1v) is 11.9. The third-order valence-electron chi connectivity index (χ3n) is 6.88. The van der Waals surface area contributed by atoms with E-state index in [0.717, 1.165) is 0 Å². The Hall–Kier alpha value is 0.0338. The van der Waals surface area contributed by atoms with E-state index in [9.17, 15) is 0 Å². The van der Waals surface area contributed by atoms with Crippen molar-refractivity contribution in [2.24, 2.45) is 11.5 Å². The van der Waals surface area contributed by atoms with E-state index in [-0.39, 0.29) is 33.7 Å². The lowest BCUT2D eigenvalue weighted by Crippen LogP contribution is -2.94. The molecule has 0 aliphatic heterocycles. The van der Waals surface area contributed by atoms with Crippen LogP contribution in [0.3, 0.4) is 0 Å². The molecule has 4 N–H and O–H groups in total. The van der Waals surface area contributed by atoms with E-state index in [1.54, 1.807) is 27.7 Å². The normalized spacial score (nSPS) is 20.0. The van der Waals surface area contributed by atoms with Crippen LogP contribution in [-0.4, -0.2) is 110 Å². The fourth-order valence-corrected chi connectivity index (χ4v) is 7.14. The van der Waals surface area contributed by atoms with Crippen molar-refractivity contribution in [2.45, 2.75) is 61.2 Å². The minimum atomic E-state index is -1.89. The second kappa shape index (κ2) is 10.8. The van der Waals surface area contributed by atoms with Gasteiger partial charge in [0.2, 0.25) is 5.91 Å². The molecule has 0 aromatic carbocycles. The third kappa shape index (κ3) is 4.06. The number of hydrogen-bond acceptors (Lipinski definition) is 10. The van der Waals surface area contributed by atoms with Crippen LogP contribution in [-0.2, 0) is 37.9 Å². The van der Waals surface area contributed by atoms with Crippen molar-refractivity contribution in [1.82, 2.24) is 0 Å². The molecule has 0 saturated carbocycles. The zero-order valence-corrected chi connectivity index (χ0v) is 24.8. The number of nitrogens with two attached hydrogens (primary N) is 2. The fraction of sp³-hybridized carbons (Fsp3) is 1.00. The first-order chi connectivity index (χ1) is 13.7.